The van der Waals surface area contributed by atoms with Crippen LogP contribution in [0.5, 0.6) is 5.75 Å². The number of nitrogens with zero attached hydrogens (tertiary/aromatic N) is 1. The van der Waals surface area contributed by atoms with Crippen LogP contribution in [-0.4, -0.2) is 23.3 Å². The molecule has 0 aromatic heterocycles. The van der Waals surface area contributed by atoms with Crippen LogP contribution in [0.4, 0.5) is 0 Å². The van der Waals surface area contributed by atoms with Crippen molar-refractivity contribution in [3.05, 3.63) is 135 Å². The number of carbonyl (C=O) groups excluding carboxylic acids is 2. The number of rotatable bonds is 10. The highest BCUT2D eigenvalue weighted by atomic mass is 35.5. The average molecular weight is 568 g/mol. The van der Waals surface area contributed by atoms with Gasteiger partial charge < -0.3 is 15.0 Å². The lowest BCUT2D eigenvalue weighted by Crippen LogP contribution is -2.45. The lowest BCUT2D eigenvalue weighted by Gasteiger charge is -2.31. The number of hydrogen-bond donors (Lipinski definition) is 1. The number of ether oxygens (including phenoxy) is 1. The van der Waals surface area contributed by atoms with Crippen LogP contribution in [0.1, 0.15) is 22.7 Å². The molecule has 4 aromatic carbocycles. The van der Waals surface area contributed by atoms with Crippen molar-refractivity contribution in [1.82, 2.24) is 10.2 Å². The van der Waals surface area contributed by atoms with E-state index in [-0.39, 0.29) is 31.5 Å². The van der Waals surface area contributed by atoms with Gasteiger partial charge in [0.2, 0.25) is 5.91 Å². The molecule has 0 spiro atoms. The second-order valence-electron chi connectivity index (χ2n) is 8.49. The van der Waals surface area contributed by atoms with E-state index in [0.717, 1.165) is 5.56 Å². The van der Waals surface area contributed by atoms with Crippen LogP contribution >= 0.6 is 34.8 Å². The Bertz CT molecular complexity index is 1380. The van der Waals surface area contributed by atoms with Crippen LogP contribution in [0.15, 0.2) is 103 Å². The van der Waals surface area contributed by atoms with Crippen molar-refractivity contribution in [1.29, 1.82) is 0 Å². The summed E-state index contributed by atoms with van der Waals surface area (Å²) in [5, 5.41) is 4.28. The molecular weight excluding hydrogens is 543 g/mol. The van der Waals surface area contributed by atoms with E-state index in [9.17, 15) is 9.59 Å². The van der Waals surface area contributed by atoms with Gasteiger partial charge in [0, 0.05) is 23.1 Å². The first kappa shape index (κ1) is 27.5. The molecule has 1 atom stereocenters. The highest BCUT2D eigenvalue weighted by Crippen LogP contribution is 2.27. The molecule has 0 heterocycles. The Balaban J connectivity index is 1.63. The van der Waals surface area contributed by atoms with Crippen LogP contribution in [-0.2, 0) is 22.7 Å². The Kier molecular flexibility index (Phi) is 9.66. The fourth-order valence-electron chi connectivity index (χ4n) is 3.94. The summed E-state index contributed by atoms with van der Waals surface area (Å²) in [5.74, 6) is -0.341. The fourth-order valence-corrected chi connectivity index (χ4v) is 4.61. The summed E-state index contributed by atoms with van der Waals surface area (Å²) >= 11 is 18.5. The Morgan fingerprint density at radius 2 is 1.45 bits per heavy atom. The molecule has 2 amide bonds. The van der Waals surface area contributed by atoms with Gasteiger partial charge in [0.25, 0.3) is 5.91 Å². The molecule has 0 aliphatic rings. The monoisotopic (exact) mass is 566 g/mol. The van der Waals surface area contributed by atoms with E-state index < -0.39 is 6.04 Å². The van der Waals surface area contributed by atoms with E-state index in [1.165, 1.54) is 4.90 Å². The predicted molar refractivity (Wildman–Crippen MR) is 151 cm³/mol. The van der Waals surface area contributed by atoms with Gasteiger partial charge in [-0.05, 0) is 41.0 Å². The van der Waals surface area contributed by atoms with E-state index >= 15 is 0 Å². The molecule has 1 N–H and O–H groups in total. The number of amides is 2. The molecule has 8 heteroatoms. The molecule has 194 valence electrons. The summed E-state index contributed by atoms with van der Waals surface area (Å²) in [5.41, 5.74) is 2.24. The molecule has 4 aromatic rings. The maximum absolute atomic E-state index is 13.7. The van der Waals surface area contributed by atoms with Crippen LogP contribution in [0.2, 0.25) is 15.1 Å². The molecule has 0 radical (unpaired) electrons. The van der Waals surface area contributed by atoms with E-state index in [1.54, 1.807) is 42.5 Å². The van der Waals surface area contributed by atoms with Crippen molar-refractivity contribution in [3.8, 4) is 5.75 Å². The molecule has 0 bridgehead atoms. The van der Waals surface area contributed by atoms with Gasteiger partial charge in [0.15, 0.2) is 6.61 Å². The first-order valence-corrected chi connectivity index (χ1v) is 13.0. The third kappa shape index (κ3) is 7.29. The molecule has 0 aliphatic carbocycles. The third-order valence-corrected chi connectivity index (χ3v) is 6.75. The van der Waals surface area contributed by atoms with Gasteiger partial charge >= 0.3 is 0 Å². The fraction of sp³-hybridized carbons (Fsp3) is 0.133. The minimum absolute atomic E-state index is 0.168. The van der Waals surface area contributed by atoms with Crippen molar-refractivity contribution in [3.63, 3.8) is 0 Å². The Morgan fingerprint density at radius 1 is 0.789 bits per heavy atom. The predicted octanol–water partition coefficient (Wildman–Crippen LogP) is 7.11. The summed E-state index contributed by atoms with van der Waals surface area (Å²) in [6.45, 7) is 0.0675. The molecule has 4 rings (SSSR count). The molecular formula is C30H25Cl3N2O3. The quantitative estimate of drug-likeness (QED) is 0.222. The normalized spacial score (nSPS) is 11.4. The lowest BCUT2D eigenvalue weighted by atomic mass is 10.0. The number of hydrogen-bond acceptors (Lipinski definition) is 3. The number of nitrogens with one attached hydrogen (secondary N) is 1. The zero-order valence-corrected chi connectivity index (χ0v) is 22.6. The molecule has 0 fully saturated rings. The first-order valence-electron chi connectivity index (χ1n) is 11.9. The van der Waals surface area contributed by atoms with E-state index in [0.29, 0.717) is 31.9 Å². The molecule has 0 aliphatic heterocycles. The van der Waals surface area contributed by atoms with Gasteiger partial charge in [0.1, 0.15) is 11.8 Å². The summed E-state index contributed by atoms with van der Waals surface area (Å²) in [6, 6.07) is 29.7. The zero-order valence-electron chi connectivity index (χ0n) is 20.3. The van der Waals surface area contributed by atoms with Gasteiger partial charge in [-0.3, -0.25) is 9.59 Å². The van der Waals surface area contributed by atoms with Crippen LogP contribution in [0, 0.1) is 0 Å². The zero-order chi connectivity index (χ0) is 26.9. The van der Waals surface area contributed by atoms with Gasteiger partial charge in [-0.1, -0.05) is 114 Å². The maximum Gasteiger partial charge on any atom is 0.261 e. The third-order valence-electron chi connectivity index (χ3n) is 5.85. The van der Waals surface area contributed by atoms with Crippen LogP contribution in [0.3, 0.4) is 0 Å². The average Bonchev–Trinajstić information content (AvgIpc) is 2.93. The van der Waals surface area contributed by atoms with Gasteiger partial charge in [-0.15, -0.1) is 0 Å². The topological polar surface area (TPSA) is 58.6 Å². The Morgan fingerprint density at radius 3 is 2.13 bits per heavy atom. The van der Waals surface area contributed by atoms with Gasteiger partial charge in [-0.2, -0.15) is 0 Å². The SMILES string of the molecule is O=C(NCc1ccc(Cl)cc1Cl)[C@H](c1ccccc1)N(Cc1ccccc1)C(=O)COc1ccccc1Cl. The summed E-state index contributed by atoms with van der Waals surface area (Å²) in [6.07, 6.45) is 0. The van der Waals surface area contributed by atoms with Crippen molar-refractivity contribution >= 4 is 46.6 Å². The van der Waals surface area contributed by atoms with Gasteiger partial charge in [-0.25, -0.2) is 0 Å². The van der Waals surface area contributed by atoms with Crippen molar-refractivity contribution in [2.45, 2.75) is 19.1 Å². The number of benzene rings is 4. The Labute approximate surface area is 236 Å². The van der Waals surface area contributed by atoms with Crippen LogP contribution in [0.25, 0.3) is 0 Å². The van der Waals surface area contributed by atoms with E-state index in [2.05, 4.69) is 5.32 Å². The molecule has 5 nitrogen and oxygen atoms in total. The van der Waals surface area contributed by atoms with Crippen LogP contribution < -0.4 is 10.1 Å². The molecule has 0 unspecified atom stereocenters. The number of carbonyl (C=O) groups is 2. The lowest BCUT2D eigenvalue weighted by molar-refractivity contribution is -0.143. The maximum atomic E-state index is 13.7. The first-order chi connectivity index (χ1) is 18.4. The van der Waals surface area contributed by atoms with E-state index in [4.69, 9.17) is 39.5 Å². The summed E-state index contributed by atoms with van der Waals surface area (Å²) in [4.78, 5) is 28.9. The highest BCUT2D eigenvalue weighted by Gasteiger charge is 2.32. The van der Waals surface area contributed by atoms with Crippen molar-refractivity contribution in [2.75, 3.05) is 6.61 Å². The van der Waals surface area contributed by atoms with Gasteiger partial charge in [0.05, 0.1) is 5.02 Å². The summed E-state index contributed by atoms with van der Waals surface area (Å²) in [7, 11) is 0. The highest BCUT2D eigenvalue weighted by molar-refractivity contribution is 6.35. The molecule has 0 saturated carbocycles. The van der Waals surface area contributed by atoms with Crippen molar-refractivity contribution < 1.29 is 14.3 Å². The van der Waals surface area contributed by atoms with E-state index in [1.807, 2.05) is 60.7 Å². The minimum Gasteiger partial charge on any atom is -0.482 e. The van der Waals surface area contributed by atoms with Crippen molar-refractivity contribution in [2.24, 2.45) is 0 Å². The second kappa shape index (κ2) is 13.3. The standard InChI is InChI=1S/C30H25Cl3N2O3/c31-24-16-15-23(26(33)17-24)18-34-30(37)29(22-11-5-2-6-12-22)35(19-21-9-3-1-4-10-21)28(36)20-38-27-14-8-7-13-25(27)32/h1-17,29H,18-20H2,(H,34,37)/t29-/m0/s1. The summed E-state index contributed by atoms with van der Waals surface area (Å²) < 4.78 is 5.75. The Hall–Kier alpha value is -3.51. The minimum atomic E-state index is -0.926. The number of halogens is 3. The molecule has 38 heavy (non-hydrogen) atoms. The molecule has 0 saturated heterocycles. The largest absolute Gasteiger partial charge is 0.482 e. The second-order valence-corrected chi connectivity index (χ2v) is 9.74. The number of para-hydroxylation sites is 1. The smallest absolute Gasteiger partial charge is 0.261 e.